The molecule has 1 aromatic rings. The van der Waals surface area contributed by atoms with Crippen LogP contribution in [-0.2, 0) is 9.59 Å². The maximum absolute atomic E-state index is 12.1. The van der Waals surface area contributed by atoms with Crippen LogP contribution in [0.1, 0.15) is 24.0 Å². The number of anilines is 1. The number of aryl methyl sites for hydroxylation is 1. The van der Waals surface area contributed by atoms with Crippen LogP contribution < -0.4 is 11.1 Å². The molecule has 2 amide bonds. The van der Waals surface area contributed by atoms with Gasteiger partial charge in [-0.25, -0.2) is 0 Å². The van der Waals surface area contributed by atoms with E-state index in [4.69, 9.17) is 18.0 Å². The Morgan fingerprint density at radius 1 is 1.45 bits per heavy atom. The molecular weight excluding hydrogens is 274 g/mol. The van der Waals surface area contributed by atoms with Gasteiger partial charge < -0.3 is 11.1 Å². The molecule has 0 aromatic heterocycles. The number of imide groups is 1. The third-order valence-electron chi connectivity index (χ3n) is 3.51. The lowest BCUT2D eigenvalue weighted by Crippen LogP contribution is -2.48. The topological polar surface area (TPSA) is 75.4 Å². The Labute approximate surface area is 123 Å². The summed E-state index contributed by atoms with van der Waals surface area (Å²) in [6.07, 6.45) is 0.835. The average molecular weight is 291 g/mol. The van der Waals surface area contributed by atoms with E-state index in [1.807, 2.05) is 25.1 Å². The zero-order valence-corrected chi connectivity index (χ0v) is 12.3. The summed E-state index contributed by atoms with van der Waals surface area (Å²) in [5.41, 5.74) is 8.16. The molecule has 1 aliphatic rings. The average Bonchev–Trinajstić information content (AvgIpc) is 2.41. The number of benzene rings is 1. The fourth-order valence-corrected chi connectivity index (χ4v) is 2.46. The number of nitrogens with two attached hydrogens (primary N) is 1. The van der Waals surface area contributed by atoms with E-state index in [2.05, 4.69) is 5.32 Å². The van der Waals surface area contributed by atoms with Crippen molar-refractivity contribution in [3.8, 4) is 0 Å². The SMILES string of the molecule is Cc1cccc(C(N)=S)c1NC1CCC(=O)N(C)C1=O. The summed E-state index contributed by atoms with van der Waals surface area (Å²) in [6, 6.07) is 5.19. The minimum atomic E-state index is -0.424. The van der Waals surface area contributed by atoms with E-state index in [9.17, 15) is 9.59 Å². The Kier molecular flexibility index (Phi) is 4.04. The number of para-hydroxylation sites is 1. The molecule has 1 unspecified atom stereocenters. The maximum atomic E-state index is 12.1. The predicted octanol–water partition coefficient (Wildman–Crippen LogP) is 1.19. The molecule has 0 aliphatic carbocycles. The molecule has 0 radical (unpaired) electrons. The van der Waals surface area contributed by atoms with Gasteiger partial charge in [-0.3, -0.25) is 14.5 Å². The summed E-state index contributed by atoms with van der Waals surface area (Å²) in [7, 11) is 1.50. The summed E-state index contributed by atoms with van der Waals surface area (Å²) in [4.78, 5) is 25.0. The van der Waals surface area contributed by atoms with Crippen LogP contribution in [0.15, 0.2) is 18.2 Å². The van der Waals surface area contributed by atoms with E-state index in [0.717, 1.165) is 11.3 Å². The van der Waals surface area contributed by atoms with Crippen LogP contribution in [0.5, 0.6) is 0 Å². The highest BCUT2D eigenvalue weighted by atomic mass is 32.1. The van der Waals surface area contributed by atoms with Crippen molar-refractivity contribution in [2.45, 2.75) is 25.8 Å². The lowest BCUT2D eigenvalue weighted by Gasteiger charge is -2.30. The van der Waals surface area contributed by atoms with Crippen molar-refractivity contribution in [1.29, 1.82) is 0 Å². The molecule has 0 saturated carbocycles. The minimum absolute atomic E-state index is 0.146. The number of thiocarbonyl (C=S) groups is 1. The van der Waals surface area contributed by atoms with Gasteiger partial charge in [0.05, 0.1) is 0 Å². The normalized spacial score (nSPS) is 19.1. The van der Waals surface area contributed by atoms with Gasteiger partial charge in [-0.15, -0.1) is 0 Å². The second kappa shape index (κ2) is 5.58. The molecule has 0 bridgehead atoms. The Balaban J connectivity index is 2.29. The summed E-state index contributed by atoms with van der Waals surface area (Å²) in [5.74, 6) is -0.370. The van der Waals surface area contributed by atoms with Crippen LogP contribution in [0.3, 0.4) is 0 Å². The number of amides is 2. The van der Waals surface area contributed by atoms with Gasteiger partial charge in [0.15, 0.2) is 0 Å². The quantitative estimate of drug-likeness (QED) is 0.646. The van der Waals surface area contributed by atoms with Gasteiger partial charge >= 0.3 is 0 Å². The largest absolute Gasteiger partial charge is 0.389 e. The Hall–Kier alpha value is -1.95. The molecule has 3 N–H and O–H groups in total. The van der Waals surface area contributed by atoms with Gasteiger partial charge in [-0.05, 0) is 25.0 Å². The molecular formula is C14H17N3O2S. The first-order valence-electron chi connectivity index (χ1n) is 6.38. The standard InChI is InChI=1S/C14H17N3O2S/c1-8-4-3-5-9(13(15)20)12(8)16-10-6-7-11(18)17(2)14(10)19/h3-5,10,16H,6-7H2,1-2H3,(H2,15,20). The van der Waals surface area contributed by atoms with Crippen molar-refractivity contribution < 1.29 is 9.59 Å². The molecule has 5 nitrogen and oxygen atoms in total. The monoisotopic (exact) mass is 291 g/mol. The van der Waals surface area contributed by atoms with Crippen LogP contribution in [-0.4, -0.2) is 34.8 Å². The molecule has 1 heterocycles. The number of nitrogens with zero attached hydrogens (tertiary/aromatic N) is 1. The molecule has 2 rings (SSSR count). The van der Waals surface area contributed by atoms with Crippen molar-refractivity contribution in [3.63, 3.8) is 0 Å². The zero-order valence-electron chi connectivity index (χ0n) is 11.5. The van der Waals surface area contributed by atoms with Gasteiger partial charge in [-0.1, -0.05) is 24.4 Å². The first-order chi connectivity index (χ1) is 9.41. The summed E-state index contributed by atoms with van der Waals surface area (Å²) >= 11 is 5.04. The van der Waals surface area contributed by atoms with Crippen LogP contribution >= 0.6 is 12.2 Å². The predicted molar refractivity (Wildman–Crippen MR) is 81.5 cm³/mol. The first kappa shape index (κ1) is 14.5. The summed E-state index contributed by atoms with van der Waals surface area (Å²) < 4.78 is 0. The molecule has 0 spiro atoms. The lowest BCUT2D eigenvalue weighted by molar-refractivity contribution is -0.146. The van der Waals surface area contributed by atoms with Gasteiger partial charge in [0.2, 0.25) is 5.91 Å². The van der Waals surface area contributed by atoms with Gasteiger partial charge in [0.25, 0.3) is 5.91 Å². The number of nitrogens with one attached hydrogen (secondary N) is 1. The number of carbonyl (C=O) groups excluding carboxylic acids is 2. The second-order valence-corrected chi connectivity index (χ2v) is 5.33. The molecule has 1 atom stereocenters. The molecule has 1 saturated heterocycles. The lowest BCUT2D eigenvalue weighted by atomic mass is 10.0. The minimum Gasteiger partial charge on any atom is -0.389 e. The van der Waals surface area contributed by atoms with Crippen molar-refractivity contribution >= 4 is 34.7 Å². The van der Waals surface area contributed by atoms with Crippen molar-refractivity contribution in [2.75, 3.05) is 12.4 Å². The molecule has 20 heavy (non-hydrogen) atoms. The van der Waals surface area contributed by atoms with Crippen molar-refractivity contribution in [2.24, 2.45) is 5.73 Å². The molecule has 1 aromatic carbocycles. The van der Waals surface area contributed by atoms with E-state index < -0.39 is 6.04 Å². The third kappa shape index (κ3) is 2.65. The fourth-order valence-electron chi connectivity index (χ4n) is 2.29. The van der Waals surface area contributed by atoms with Crippen LogP contribution in [0.4, 0.5) is 5.69 Å². The highest BCUT2D eigenvalue weighted by molar-refractivity contribution is 7.80. The Morgan fingerprint density at radius 2 is 2.15 bits per heavy atom. The van der Waals surface area contributed by atoms with Crippen LogP contribution in [0, 0.1) is 6.92 Å². The van der Waals surface area contributed by atoms with E-state index in [0.29, 0.717) is 18.4 Å². The number of hydrogen-bond acceptors (Lipinski definition) is 4. The number of piperidine rings is 1. The van der Waals surface area contributed by atoms with Crippen molar-refractivity contribution in [3.05, 3.63) is 29.3 Å². The smallest absolute Gasteiger partial charge is 0.251 e. The van der Waals surface area contributed by atoms with E-state index in [1.165, 1.54) is 11.9 Å². The molecule has 1 aliphatic heterocycles. The third-order valence-corrected chi connectivity index (χ3v) is 3.73. The Bertz CT molecular complexity index is 586. The van der Waals surface area contributed by atoms with Crippen molar-refractivity contribution in [1.82, 2.24) is 4.90 Å². The van der Waals surface area contributed by atoms with E-state index in [-0.39, 0.29) is 16.8 Å². The first-order valence-corrected chi connectivity index (χ1v) is 6.79. The van der Waals surface area contributed by atoms with Gasteiger partial charge in [0.1, 0.15) is 11.0 Å². The van der Waals surface area contributed by atoms with Gasteiger partial charge in [-0.2, -0.15) is 0 Å². The van der Waals surface area contributed by atoms with Crippen LogP contribution in [0.2, 0.25) is 0 Å². The van der Waals surface area contributed by atoms with E-state index >= 15 is 0 Å². The zero-order chi connectivity index (χ0) is 14.9. The number of likely N-dealkylation sites (N-methyl/N-ethyl adjacent to an activating group) is 1. The molecule has 6 heteroatoms. The Morgan fingerprint density at radius 3 is 2.80 bits per heavy atom. The van der Waals surface area contributed by atoms with Gasteiger partial charge in [0, 0.05) is 24.7 Å². The highest BCUT2D eigenvalue weighted by Crippen LogP contribution is 2.24. The molecule has 1 fully saturated rings. The highest BCUT2D eigenvalue weighted by Gasteiger charge is 2.32. The number of likely N-dealkylation sites (tertiary alicyclic amines) is 1. The summed E-state index contributed by atoms with van der Waals surface area (Å²) in [5, 5.41) is 3.19. The summed E-state index contributed by atoms with van der Waals surface area (Å²) in [6.45, 7) is 1.92. The fraction of sp³-hybridized carbons (Fsp3) is 0.357. The second-order valence-electron chi connectivity index (χ2n) is 4.89. The number of rotatable bonds is 3. The number of hydrogen-bond donors (Lipinski definition) is 2. The number of carbonyl (C=O) groups is 2. The van der Waals surface area contributed by atoms with Crippen LogP contribution in [0.25, 0.3) is 0 Å². The molecule has 106 valence electrons. The van der Waals surface area contributed by atoms with E-state index in [1.54, 1.807) is 0 Å². The maximum Gasteiger partial charge on any atom is 0.251 e.